The van der Waals surface area contributed by atoms with Crippen LogP contribution in [0.5, 0.6) is 0 Å². The van der Waals surface area contributed by atoms with E-state index in [4.69, 9.17) is 22.1 Å². The van der Waals surface area contributed by atoms with Crippen molar-refractivity contribution < 1.29 is 13.2 Å². The van der Waals surface area contributed by atoms with Crippen LogP contribution in [0.3, 0.4) is 0 Å². The minimum atomic E-state index is -3.54. The minimum Gasteiger partial charge on any atom is -0.381 e. The lowest BCUT2D eigenvalue weighted by molar-refractivity contribution is 0.130. The number of nitrogens with one attached hydrogen (secondary N) is 1. The standard InChI is InChI=1S/C14H23ClN2O3S/c1-2-3-8-20-9-4-7-17-21(18,19)13-6-5-12(11-16)14(15)10-13/h5-6,10,17H,2-4,7-9,11,16H2,1H3. The molecule has 0 aliphatic carbocycles. The van der Waals surface area contributed by atoms with Crippen molar-refractivity contribution in [1.82, 2.24) is 4.72 Å². The average Bonchev–Trinajstić information content (AvgIpc) is 2.46. The first kappa shape index (κ1) is 18.4. The second kappa shape index (κ2) is 9.38. The lowest BCUT2D eigenvalue weighted by atomic mass is 10.2. The van der Waals surface area contributed by atoms with E-state index in [1.54, 1.807) is 6.07 Å². The Kier molecular flexibility index (Phi) is 8.21. The number of halogens is 1. The molecule has 0 radical (unpaired) electrons. The van der Waals surface area contributed by atoms with Crippen molar-refractivity contribution in [3.05, 3.63) is 28.8 Å². The SMILES string of the molecule is CCCCOCCCNS(=O)(=O)c1ccc(CN)c(Cl)c1. The Balaban J connectivity index is 2.45. The summed E-state index contributed by atoms with van der Waals surface area (Å²) in [4.78, 5) is 0.150. The predicted molar refractivity (Wildman–Crippen MR) is 84.9 cm³/mol. The number of rotatable bonds is 10. The van der Waals surface area contributed by atoms with E-state index in [2.05, 4.69) is 11.6 Å². The van der Waals surface area contributed by atoms with E-state index >= 15 is 0 Å². The summed E-state index contributed by atoms with van der Waals surface area (Å²) in [5.74, 6) is 0. The van der Waals surface area contributed by atoms with Crippen LogP contribution in [-0.2, 0) is 21.3 Å². The summed E-state index contributed by atoms with van der Waals surface area (Å²) in [7, 11) is -3.54. The Hall–Kier alpha value is -0.660. The van der Waals surface area contributed by atoms with Gasteiger partial charge in [-0.1, -0.05) is 31.0 Å². The smallest absolute Gasteiger partial charge is 0.240 e. The van der Waals surface area contributed by atoms with Gasteiger partial charge in [-0.25, -0.2) is 13.1 Å². The number of nitrogens with two attached hydrogens (primary N) is 1. The topological polar surface area (TPSA) is 81.4 Å². The third-order valence-electron chi connectivity index (χ3n) is 2.95. The fourth-order valence-electron chi connectivity index (χ4n) is 1.67. The normalized spacial score (nSPS) is 11.8. The van der Waals surface area contributed by atoms with E-state index in [9.17, 15) is 8.42 Å². The van der Waals surface area contributed by atoms with Crippen molar-refractivity contribution in [3.63, 3.8) is 0 Å². The van der Waals surface area contributed by atoms with Gasteiger partial charge in [0.25, 0.3) is 0 Å². The number of ether oxygens (including phenoxy) is 1. The van der Waals surface area contributed by atoms with Crippen LogP contribution >= 0.6 is 11.6 Å². The first-order chi connectivity index (χ1) is 10.0. The van der Waals surface area contributed by atoms with Gasteiger partial charge in [-0.05, 0) is 30.5 Å². The second-order valence-corrected chi connectivity index (χ2v) is 6.85. The Morgan fingerprint density at radius 3 is 2.62 bits per heavy atom. The molecule has 0 bridgehead atoms. The van der Waals surface area contributed by atoms with Gasteiger partial charge in [0, 0.05) is 31.3 Å². The van der Waals surface area contributed by atoms with Gasteiger partial charge in [-0.2, -0.15) is 0 Å². The average molecular weight is 335 g/mol. The van der Waals surface area contributed by atoms with E-state index in [-0.39, 0.29) is 11.4 Å². The van der Waals surface area contributed by atoms with Crippen molar-refractivity contribution >= 4 is 21.6 Å². The number of hydrogen-bond acceptors (Lipinski definition) is 4. The zero-order chi connectivity index (χ0) is 15.7. The summed E-state index contributed by atoms with van der Waals surface area (Å²) in [6.07, 6.45) is 2.75. The van der Waals surface area contributed by atoms with Gasteiger partial charge in [0.2, 0.25) is 10.0 Å². The molecule has 0 aromatic heterocycles. The van der Waals surface area contributed by atoms with Crippen molar-refractivity contribution in [2.45, 2.75) is 37.6 Å². The molecule has 120 valence electrons. The van der Waals surface area contributed by atoms with Crippen LogP contribution < -0.4 is 10.5 Å². The fourth-order valence-corrected chi connectivity index (χ4v) is 3.10. The Morgan fingerprint density at radius 2 is 2.00 bits per heavy atom. The van der Waals surface area contributed by atoms with E-state index in [1.807, 2.05) is 0 Å². The highest BCUT2D eigenvalue weighted by Gasteiger charge is 2.14. The molecule has 0 spiro atoms. The fraction of sp³-hybridized carbons (Fsp3) is 0.571. The second-order valence-electron chi connectivity index (χ2n) is 4.67. The summed E-state index contributed by atoms with van der Waals surface area (Å²) in [6, 6.07) is 4.56. The van der Waals surface area contributed by atoms with Gasteiger partial charge in [-0.3, -0.25) is 0 Å². The van der Waals surface area contributed by atoms with E-state index in [1.165, 1.54) is 12.1 Å². The van der Waals surface area contributed by atoms with Crippen LogP contribution in [0.25, 0.3) is 0 Å². The van der Waals surface area contributed by atoms with Crippen LogP contribution in [-0.4, -0.2) is 28.2 Å². The molecule has 0 heterocycles. The lowest BCUT2D eigenvalue weighted by Crippen LogP contribution is -2.25. The third-order valence-corrected chi connectivity index (χ3v) is 4.77. The maximum Gasteiger partial charge on any atom is 0.240 e. The van der Waals surface area contributed by atoms with Crippen LogP contribution in [0.15, 0.2) is 23.1 Å². The van der Waals surface area contributed by atoms with Gasteiger partial charge >= 0.3 is 0 Å². The quantitative estimate of drug-likeness (QED) is 0.643. The molecule has 1 rings (SSSR count). The van der Waals surface area contributed by atoms with E-state index < -0.39 is 10.0 Å². The summed E-state index contributed by atoms with van der Waals surface area (Å²) in [5.41, 5.74) is 6.22. The van der Waals surface area contributed by atoms with E-state index in [0.29, 0.717) is 24.6 Å². The molecule has 1 aromatic carbocycles. The molecular weight excluding hydrogens is 312 g/mol. The van der Waals surface area contributed by atoms with Crippen molar-refractivity contribution in [2.24, 2.45) is 5.73 Å². The molecule has 0 saturated carbocycles. The molecule has 0 unspecified atom stereocenters. The molecule has 0 saturated heterocycles. The summed E-state index contributed by atoms with van der Waals surface area (Å²) < 4.78 is 32.1. The third kappa shape index (κ3) is 6.32. The first-order valence-electron chi connectivity index (χ1n) is 7.07. The van der Waals surface area contributed by atoms with Crippen molar-refractivity contribution in [1.29, 1.82) is 0 Å². The maximum atomic E-state index is 12.1. The molecule has 21 heavy (non-hydrogen) atoms. The zero-order valence-electron chi connectivity index (χ0n) is 12.3. The molecule has 0 amide bonds. The highest BCUT2D eigenvalue weighted by atomic mass is 35.5. The Labute approximate surface area is 131 Å². The minimum absolute atomic E-state index is 0.150. The number of benzene rings is 1. The van der Waals surface area contributed by atoms with Crippen LogP contribution in [0.1, 0.15) is 31.7 Å². The first-order valence-corrected chi connectivity index (χ1v) is 8.93. The van der Waals surface area contributed by atoms with Crippen LogP contribution in [0.4, 0.5) is 0 Å². The van der Waals surface area contributed by atoms with Gasteiger partial charge in [-0.15, -0.1) is 0 Å². The molecule has 0 atom stereocenters. The summed E-state index contributed by atoms with van der Waals surface area (Å²) in [5, 5.41) is 0.364. The molecule has 3 N–H and O–H groups in total. The van der Waals surface area contributed by atoms with E-state index in [0.717, 1.165) is 25.0 Å². The summed E-state index contributed by atoms with van der Waals surface area (Å²) in [6.45, 7) is 3.99. The van der Waals surface area contributed by atoms with Gasteiger partial charge in [0.15, 0.2) is 0 Å². The van der Waals surface area contributed by atoms with Gasteiger partial charge < -0.3 is 10.5 Å². The molecule has 0 aliphatic rings. The molecule has 7 heteroatoms. The number of hydrogen-bond donors (Lipinski definition) is 2. The molecule has 1 aromatic rings. The molecule has 0 fully saturated rings. The zero-order valence-corrected chi connectivity index (χ0v) is 13.8. The monoisotopic (exact) mass is 334 g/mol. The van der Waals surface area contributed by atoms with Crippen LogP contribution in [0.2, 0.25) is 5.02 Å². The Morgan fingerprint density at radius 1 is 1.29 bits per heavy atom. The largest absolute Gasteiger partial charge is 0.381 e. The van der Waals surface area contributed by atoms with Gasteiger partial charge in [0.1, 0.15) is 0 Å². The lowest BCUT2D eigenvalue weighted by Gasteiger charge is -2.09. The molecule has 0 aliphatic heterocycles. The number of unbranched alkanes of at least 4 members (excludes halogenated alkanes) is 1. The highest BCUT2D eigenvalue weighted by molar-refractivity contribution is 7.89. The summed E-state index contributed by atoms with van der Waals surface area (Å²) >= 11 is 5.98. The van der Waals surface area contributed by atoms with Crippen LogP contribution in [0, 0.1) is 0 Å². The predicted octanol–water partition coefficient (Wildman–Crippen LogP) is 2.28. The maximum absolute atomic E-state index is 12.1. The highest BCUT2D eigenvalue weighted by Crippen LogP contribution is 2.20. The Bertz CT molecular complexity index is 535. The van der Waals surface area contributed by atoms with Crippen molar-refractivity contribution in [3.8, 4) is 0 Å². The molecule has 5 nitrogen and oxygen atoms in total. The van der Waals surface area contributed by atoms with Crippen molar-refractivity contribution in [2.75, 3.05) is 19.8 Å². The number of sulfonamides is 1. The van der Waals surface area contributed by atoms with Gasteiger partial charge in [0.05, 0.1) is 4.90 Å². The molecular formula is C14H23ClN2O3S.